The van der Waals surface area contributed by atoms with E-state index in [-0.39, 0.29) is 6.61 Å². The lowest BCUT2D eigenvalue weighted by atomic mass is 10.6. The fraction of sp³-hybridized carbons (Fsp3) is 0.500. The highest BCUT2D eigenvalue weighted by atomic mass is 16.2. The second kappa shape index (κ2) is 16.2. The van der Waals surface area contributed by atoms with Crippen molar-refractivity contribution in [2.45, 2.75) is 13.8 Å². The standard InChI is InChI=1S/C4H6O.C2H6O/c1-2-3-4-5;1-2-3/h2-4H,1H3;3H,2H2,1H3/b3-2+;. The average molecular weight is 116 g/mol. The zero-order valence-electron chi connectivity index (χ0n) is 5.29. The van der Waals surface area contributed by atoms with Gasteiger partial charge in [-0.15, -0.1) is 0 Å². The van der Waals surface area contributed by atoms with Gasteiger partial charge in [-0.25, -0.2) is 0 Å². The minimum atomic E-state index is 0.250. The van der Waals surface area contributed by atoms with E-state index in [4.69, 9.17) is 5.11 Å². The van der Waals surface area contributed by atoms with E-state index in [2.05, 4.69) is 0 Å². The number of hydrogen-bond donors (Lipinski definition) is 1. The van der Waals surface area contributed by atoms with Crippen molar-refractivity contribution < 1.29 is 9.90 Å². The molecule has 1 N–H and O–H groups in total. The van der Waals surface area contributed by atoms with Crippen molar-refractivity contribution in [3.05, 3.63) is 12.2 Å². The minimum Gasteiger partial charge on any atom is -0.397 e. The van der Waals surface area contributed by atoms with Gasteiger partial charge in [0.25, 0.3) is 0 Å². The summed E-state index contributed by atoms with van der Waals surface area (Å²) in [6.07, 6.45) is 3.88. The van der Waals surface area contributed by atoms with Crippen molar-refractivity contribution >= 4 is 6.29 Å². The van der Waals surface area contributed by atoms with Gasteiger partial charge < -0.3 is 5.11 Å². The molecule has 0 saturated carbocycles. The van der Waals surface area contributed by atoms with Crippen LogP contribution in [0, 0.1) is 0 Å². The normalized spacial score (nSPS) is 7.88. The van der Waals surface area contributed by atoms with Crippen molar-refractivity contribution in [2.24, 2.45) is 0 Å². The summed E-state index contributed by atoms with van der Waals surface area (Å²) in [7, 11) is 0. The first-order valence-corrected chi connectivity index (χ1v) is 2.50. The number of carbonyl (C=O) groups is 1. The summed E-state index contributed by atoms with van der Waals surface area (Å²) >= 11 is 0. The summed E-state index contributed by atoms with van der Waals surface area (Å²) in [5.41, 5.74) is 0. The van der Waals surface area contributed by atoms with E-state index in [0.717, 1.165) is 6.29 Å². The van der Waals surface area contributed by atoms with Gasteiger partial charge in [-0.1, -0.05) is 6.08 Å². The smallest absolute Gasteiger partial charge is 0.142 e. The van der Waals surface area contributed by atoms with Gasteiger partial charge >= 0.3 is 0 Å². The molecule has 8 heavy (non-hydrogen) atoms. The molecule has 0 aromatic heterocycles. The maximum atomic E-state index is 9.32. The van der Waals surface area contributed by atoms with Gasteiger partial charge in [0.1, 0.15) is 6.29 Å². The molecule has 0 aliphatic carbocycles. The molecule has 0 bridgehead atoms. The first-order chi connectivity index (χ1) is 3.83. The maximum Gasteiger partial charge on any atom is 0.142 e. The van der Waals surface area contributed by atoms with Crippen molar-refractivity contribution in [3.63, 3.8) is 0 Å². The van der Waals surface area contributed by atoms with Crippen LogP contribution in [0.4, 0.5) is 0 Å². The highest BCUT2D eigenvalue weighted by molar-refractivity contribution is 5.64. The monoisotopic (exact) mass is 116 g/mol. The molecule has 0 spiro atoms. The van der Waals surface area contributed by atoms with Gasteiger partial charge in [-0.2, -0.15) is 0 Å². The van der Waals surface area contributed by atoms with Gasteiger partial charge in [-0.05, 0) is 19.9 Å². The Morgan fingerprint density at radius 1 is 1.62 bits per heavy atom. The van der Waals surface area contributed by atoms with Crippen LogP contribution in [-0.2, 0) is 4.79 Å². The SMILES string of the molecule is C/C=C/C=O.CCO. The lowest BCUT2D eigenvalue weighted by Crippen LogP contribution is -1.57. The third-order valence-electron chi connectivity index (χ3n) is 0.271. The molecule has 0 fully saturated rings. The van der Waals surface area contributed by atoms with Crippen LogP contribution in [0.1, 0.15) is 13.8 Å². The van der Waals surface area contributed by atoms with E-state index in [1.165, 1.54) is 6.08 Å². The number of allylic oxidation sites excluding steroid dienone is 2. The summed E-state index contributed by atoms with van der Waals surface area (Å²) in [4.78, 5) is 9.32. The van der Waals surface area contributed by atoms with E-state index in [1.807, 2.05) is 0 Å². The summed E-state index contributed by atoms with van der Waals surface area (Å²) in [5.74, 6) is 0. The summed E-state index contributed by atoms with van der Waals surface area (Å²) in [6.45, 7) is 3.73. The number of aliphatic hydroxyl groups excluding tert-OH is 1. The van der Waals surface area contributed by atoms with E-state index in [9.17, 15) is 4.79 Å². The van der Waals surface area contributed by atoms with Crippen LogP contribution in [0.25, 0.3) is 0 Å². The molecule has 48 valence electrons. The summed E-state index contributed by atoms with van der Waals surface area (Å²) in [6, 6.07) is 0. The maximum absolute atomic E-state index is 9.32. The van der Waals surface area contributed by atoms with E-state index in [0.29, 0.717) is 0 Å². The molecule has 0 heterocycles. The van der Waals surface area contributed by atoms with Crippen molar-refractivity contribution in [3.8, 4) is 0 Å². The van der Waals surface area contributed by atoms with Crippen LogP contribution in [0.3, 0.4) is 0 Å². The molecule has 0 amide bonds. The van der Waals surface area contributed by atoms with Crippen LogP contribution >= 0.6 is 0 Å². The predicted molar refractivity (Wildman–Crippen MR) is 33.6 cm³/mol. The van der Waals surface area contributed by atoms with Crippen molar-refractivity contribution in [2.75, 3.05) is 6.61 Å². The van der Waals surface area contributed by atoms with Crippen molar-refractivity contribution in [1.82, 2.24) is 0 Å². The van der Waals surface area contributed by atoms with Gasteiger partial charge in [-0.3, -0.25) is 4.79 Å². The Hall–Kier alpha value is -0.630. The fourth-order valence-electron chi connectivity index (χ4n) is 0.0786. The summed E-state index contributed by atoms with van der Waals surface area (Å²) < 4.78 is 0. The highest BCUT2D eigenvalue weighted by Gasteiger charge is 1.48. The van der Waals surface area contributed by atoms with Gasteiger partial charge in [0.05, 0.1) is 0 Å². The van der Waals surface area contributed by atoms with Crippen molar-refractivity contribution in [1.29, 1.82) is 0 Å². The third kappa shape index (κ3) is 54.6. The number of hydrogen-bond acceptors (Lipinski definition) is 2. The molecular weight excluding hydrogens is 104 g/mol. The Balaban J connectivity index is 0. The number of aliphatic hydroxyl groups is 1. The molecule has 0 aromatic carbocycles. The lowest BCUT2D eigenvalue weighted by Gasteiger charge is -1.52. The minimum absolute atomic E-state index is 0.250. The zero-order valence-corrected chi connectivity index (χ0v) is 5.29. The quantitative estimate of drug-likeness (QED) is 0.405. The molecule has 0 aromatic rings. The molecule has 0 rings (SSSR count). The third-order valence-corrected chi connectivity index (χ3v) is 0.271. The second-order valence-electron chi connectivity index (χ2n) is 0.978. The van der Waals surface area contributed by atoms with Gasteiger partial charge in [0, 0.05) is 6.61 Å². The number of carbonyl (C=O) groups excluding carboxylic acids is 1. The molecule has 2 heteroatoms. The van der Waals surface area contributed by atoms with Crippen LogP contribution in [0.15, 0.2) is 12.2 Å². The van der Waals surface area contributed by atoms with E-state index in [1.54, 1.807) is 19.9 Å². The predicted octanol–water partition coefficient (Wildman–Crippen LogP) is 0.760. The van der Waals surface area contributed by atoms with Crippen LogP contribution < -0.4 is 0 Å². The largest absolute Gasteiger partial charge is 0.397 e. The van der Waals surface area contributed by atoms with E-state index >= 15 is 0 Å². The van der Waals surface area contributed by atoms with Crippen LogP contribution in [-0.4, -0.2) is 18.0 Å². The molecule has 0 saturated heterocycles. The van der Waals surface area contributed by atoms with Gasteiger partial charge in [0.2, 0.25) is 0 Å². The first kappa shape index (κ1) is 10.4. The molecule has 2 nitrogen and oxygen atoms in total. The molecule has 0 aliphatic heterocycles. The molecule has 0 radical (unpaired) electrons. The Kier molecular flexibility index (Phi) is 21.0. The Morgan fingerprint density at radius 3 is 2.00 bits per heavy atom. The first-order valence-electron chi connectivity index (χ1n) is 2.50. The highest BCUT2D eigenvalue weighted by Crippen LogP contribution is 1.55. The Morgan fingerprint density at radius 2 is 2.00 bits per heavy atom. The summed E-state index contributed by atoms with van der Waals surface area (Å²) in [5, 5.41) is 7.57. The van der Waals surface area contributed by atoms with E-state index < -0.39 is 0 Å². The zero-order chi connectivity index (χ0) is 6.83. The molecular formula is C6H12O2. The molecule has 0 atom stereocenters. The fourth-order valence-corrected chi connectivity index (χ4v) is 0.0786. The molecule has 0 unspecified atom stereocenters. The lowest BCUT2D eigenvalue weighted by molar-refractivity contribution is -0.104. The average Bonchev–Trinajstić information content (AvgIpc) is 1.71. The Labute approximate surface area is 49.8 Å². The topological polar surface area (TPSA) is 37.3 Å². The number of aldehydes is 1. The van der Waals surface area contributed by atoms with Crippen LogP contribution in [0.2, 0.25) is 0 Å². The number of rotatable bonds is 1. The van der Waals surface area contributed by atoms with Gasteiger partial charge in [0.15, 0.2) is 0 Å². The van der Waals surface area contributed by atoms with Crippen LogP contribution in [0.5, 0.6) is 0 Å². The Bertz CT molecular complexity index is 57.5. The second-order valence-corrected chi connectivity index (χ2v) is 0.978. The molecule has 0 aliphatic rings.